The molecule has 0 saturated carbocycles. The molecule has 0 N–H and O–H groups in total. The van der Waals surface area contributed by atoms with E-state index in [1.165, 1.54) is 0 Å². The third-order valence-corrected chi connectivity index (χ3v) is 0.556. The van der Waals surface area contributed by atoms with Gasteiger partial charge in [0.2, 0.25) is 0 Å². The molecule has 10 heavy (non-hydrogen) atoms. The van der Waals surface area contributed by atoms with E-state index in [2.05, 4.69) is 19.6 Å². The minimum absolute atomic E-state index is 0. The summed E-state index contributed by atoms with van der Waals surface area (Å²) in [5.74, 6) is 0. The van der Waals surface area contributed by atoms with Crippen LogP contribution < -0.4 is 0 Å². The van der Waals surface area contributed by atoms with Crippen molar-refractivity contribution in [1.82, 2.24) is 0 Å². The van der Waals surface area contributed by atoms with Crippen molar-refractivity contribution < 1.29 is 16.8 Å². The Morgan fingerprint density at radius 3 is 1.40 bits per heavy atom. The van der Waals surface area contributed by atoms with Crippen molar-refractivity contribution in [2.45, 2.75) is 19.6 Å². The van der Waals surface area contributed by atoms with E-state index in [0.717, 1.165) is 0 Å². The summed E-state index contributed by atoms with van der Waals surface area (Å²) >= 11 is 0. The summed E-state index contributed by atoms with van der Waals surface area (Å²) in [6.07, 6.45) is 0. The van der Waals surface area contributed by atoms with Crippen molar-refractivity contribution in [2.24, 2.45) is 0 Å². The zero-order chi connectivity index (χ0) is 7.11. The van der Waals surface area contributed by atoms with Gasteiger partial charge in [-0.2, -0.15) is 18.2 Å². The quantitative estimate of drug-likeness (QED) is 0.443. The Hall–Kier alpha value is 0.0734. The van der Waals surface area contributed by atoms with Gasteiger partial charge in [0, 0.05) is 25.6 Å². The third kappa shape index (κ3) is 15.7. The molecule has 1 aromatic rings. The fourth-order valence-corrected chi connectivity index (χ4v) is 0.321. The van der Waals surface area contributed by atoms with Gasteiger partial charge in [-0.25, -0.2) is 12.1 Å². The van der Waals surface area contributed by atoms with E-state index in [4.69, 9.17) is 0 Å². The Morgan fingerprint density at radius 2 is 1.30 bits per heavy atom. The van der Waals surface area contributed by atoms with Crippen LogP contribution in [0.5, 0.6) is 0 Å². The molecule has 0 fully saturated rings. The SMILES string of the molecule is C[Si](C)C.[Co].c1cc[cH-]c1. The van der Waals surface area contributed by atoms with Crippen LogP contribution in [0, 0.1) is 0 Å². The van der Waals surface area contributed by atoms with Crippen LogP contribution in [0.4, 0.5) is 0 Å². The van der Waals surface area contributed by atoms with Gasteiger partial charge in [0.15, 0.2) is 0 Å². The van der Waals surface area contributed by atoms with Crippen LogP contribution in [0.25, 0.3) is 0 Å². The number of hydrogen-bond donors (Lipinski definition) is 0. The first kappa shape index (κ1) is 12.7. The zero-order valence-corrected chi connectivity index (χ0v) is 8.76. The fraction of sp³-hybridized carbons (Fsp3) is 0.375. The molecule has 60 valence electrons. The second-order valence-corrected chi connectivity index (χ2v) is 5.46. The fourth-order valence-electron chi connectivity index (χ4n) is 0.321. The standard InChI is InChI=1S/C5H5.C3H9Si.Co/c1-2-4-5-3-1;1-4(2)3;/h1-5H;1-3H3;/q-1;;. The largest absolute Gasteiger partial charge is 0.214 e. The maximum absolute atomic E-state index is 2.27. The molecular formula is C8H14CoSi-. The Labute approximate surface area is 75.8 Å². The first-order valence-electron chi connectivity index (χ1n) is 3.17. The maximum atomic E-state index is 2.27. The van der Waals surface area contributed by atoms with Gasteiger partial charge in [-0.05, 0) is 0 Å². The molecule has 0 aliphatic carbocycles. The summed E-state index contributed by atoms with van der Waals surface area (Å²) in [7, 11) is 0.120. The van der Waals surface area contributed by atoms with E-state index in [1.54, 1.807) is 0 Å². The second kappa shape index (κ2) is 9.07. The first-order chi connectivity index (χ1) is 4.23. The van der Waals surface area contributed by atoms with Crippen molar-refractivity contribution in [3.63, 3.8) is 0 Å². The molecule has 0 bridgehead atoms. The van der Waals surface area contributed by atoms with E-state index >= 15 is 0 Å². The molecule has 0 aliphatic rings. The monoisotopic (exact) mass is 197 g/mol. The molecule has 0 saturated heterocycles. The molecule has 0 spiro atoms. The van der Waals surface area contributed by atoms with Crippen molar-refractivity contribution in [3.8, 4) is 0 Å². The van der Waals surface area contributed by atoms with Gasteiger partial charge in [0.05, 0.1) is 0 Å². The van der Waals surface area contributed by atoms with E-state index in [1.807, 2.05) is 30.3 Å². The molecule has 2 radical (unpaired) electrons. The molecule has 0 aliphatic heterocycles. The molecule has 0 atom stereocenters. The van der Waals surface area contributed by atoms with E-state index < -0.39 is 0 Å². The minimum atomic E-state index is 0. The zero-order valence-electron chi connectivity index (χ0n) is 6.72. The second-order valence-electron chi connectivity index (χ2n) is 2.46. The Morgan fingerprint density at radius 1 is 1.00 bits per heavy atom. The molecule has 1 aromatic carbocycles. The molecule has 1 rings (SSSR count). The van der Waals surface area contributed by atoms with Gasteiger partial charge in [0.25, 0.3) is 0 Å². The van der Waals surface area contributed by atoms with Crippen molar-refractivity contribution in [3.05, 3.63) is 30.3 Å². The predicted octanol–water partition coefficient (Wildman–Crippen LogP) is 2.77. The van der Waals surface area contributed by atoms with Crippen LogP contribution in [0.15, 0.2) is 30.3 Å². The van der Waals surface area contributed by atoms with Crippen molar-refractivity contribution in [2.75, 3.05) is 0 Å². The smallest absolute Gasteiger partial charge is 0.0379 e. The van der Waals surface area contributed by atoms with Gasteiger partial charge in [0.1, 0.15) is 0 Å². The summed E-state index contributed by atoms with van der Waals surface area (Å²) in [5.41, 5.74) is 0. The molecular weight excluding hydrogens is 183 g/mol. The minimum Gasteiger partial charge on any atom is -0.214 e. The van der Waals surface area contributed by atoms with Crippen molar-refractivity contribution in [1.29, 1.82) is 0 Å². The number of hydrogen-bond acceptors (Lipinski definition) is 0. The van der Waals surface area contributed by atoms with Crippen LogP contribution in [0.2, 0.25) is 19.6 Å². The van der Waals surface area contributed by atoms with E-state index in [-0.39, 0.29) is 25.6 Å². The van der Waals surface area contributed by atoms with Crippen LogP contribution >= 0.6 is 0 Å². The van der Waals surface area contributed by atoms with E-state index in [0.29, 0.717) is 0 Å². The first-order valence-corrected chi connectivity index (χ1v) is 6.17. The molecule has 0 amide bonds. The van der Waals surface area contributed by atoms with Crippen LogP contribution in [-0.4, -0.2) is 8.80 Å². The van der Waals surface area contributed by atoms with Gasteiger partial charge in [-0.3, -0.25) is 0 Å². The maximum Gasteiger partial charge on any atom is 0.0379 e. The van der Waals surface area contributed by atoms with Crippen LogP contribution in [-0.2, 0) is 16.8 Å². The molecule has 0 heterocycles. The molecule has 0 unspecified atom stereocenters. The molecule has 0 nitrogen and oxygen atoms in total. The third-order valence-electron chi connectivity index (χ3n) is 0.556. The Bertz CT molecular complexity index is 92.8. The normalized spacial score (nSPS) is 7.60. The summed E-state index contributed by atoms with van der Waals surface area (Å²) in [5, 5.41) is 0. The van der Waals surface area contributed by atoms with Crippen LogP contribution in [0.1, 0.15) is 0 Å². The predicted molar refractivity (Wildman–Crippen MR) is 45.4 cm³/mol. The van der Waals surface area contributed by atoms with Gasteiger partial charge in [-0.1, -0.05) is 19.6 Å². The molecule has 0 aromatic heterocycles. The average molecular weight is 197 g/mol. The van der Waals surface area contributed by atoms with Gasteiger partial charge < -0.3 is 0 Å². The Balaban J connectivity index is 0. The summed E-state index contributed by atoms with van der Waals surface area (Å²) in [6.45, 7) is 6.81. The topological polar surface area (TPSA) is 0 Å². The van der Waals surface area contributed by atoms with Gasteiger partial charge in [-0.15, -0.1) is 0 Å². The summed E-state index contributed by atoms with van der Waals surface area (Å²) in [6, 6.07) is 10.0. The van der Waals surface area contributed by atoms with Crippen LogP contribution in [0.3, 0.4) is 0 Å². The molecule has 2 heteroatoms. The number of rotatable bonds is 0. The summed E-state index contributed by atoms with van der Waals surface area (Å²) in [4.78, 5) is 0. The van der Waals surface area contributed by atoms with Crippen molar-refractivity contribution >= 4 is 8.80 Å². The average Bonchev–Trinajstić information content (AvgIpc) is 2.11. The summed E-state index contributed by atoms with van der Waals surface area (Å²) < 4.78 is 0. The van der Waals surface area contributed by atoms with Gasteiger partial charge >= 0.3 is 0 Å². The Kier molecular flexibility index (Phi) is 11.5. The van der Waals surface area contributed by atoms with E-state index in [9.17, 15) is 0 Å².